The number of benzene rings is 2. The first-order chi connectivity index (χ1) is 15.8. The summed E-state index contributed by atoms with van der Waals surface area (Å²) >= 11 is 0. The summed E-state index contributed by atoms with van der Waals surface area (Å²) in [6.45, 7) is 9.05. The highest BCUT2D eigenvalue weighted by atomic mass is 16.5. The van der Waals surface area contributed by atoms with E-state index in [-0.39, 0.29) is 11.1 Å². The summed E-state index contributed by atoms with van der Waals surface area (Å²) in [7, 11) is 1.34. The highest BCUT2D eigenvalue weighted by molar-refractivity contribution is 6.04. The van der Waals surface area contributed by atoms with Crippen molar-refractivity contribution in [3.05, 3.63) is 89.2 Å². The molecule has 0 saturated carbocycles. The maximum Gasteiger partial charge on any atom is 0.357 e. The monoisotopic (exact) mass is 440 g/mol. The number of hydrogen-bond acceptors (Lipinski definition) is 5. The predicted molar refractivity (Wildman–Crippen MR) is 131 cm³/mol. The Kier molecular flexibility index (Phi) is 6.14. The fraction of sp³-hybridized carbons (Fsp3) is 0.250. The van der Waals surface area contributed by atoms with Crippen LogP contribution < -0.4 is 4.74 Å². The molecular formula is C28H28N2O3. The summed E-state index contributed by atoms with van der Waals surface area (Å²) in [6, 6.07) is 20.0. The van der Waals surface area contributed by atoms with E-state index in [1.165, 1.54) is 12.7 Å². The number of hydrogen-bond donors (Lipinski definition) is 0. The quantitative estimate of drug-likeness (QED) is 0.342. The minimum atomic E-state index is -0.523. The lowest BCUT2D eigenvalue weighted by Gasteiger charge is -2.21. The molecule has 33 heavy (non-hydrogen) atoms. The molecule has 168 valence electrons. The second-order valence-electron chi connectivity index (χ2n) is 9.10. The molecule has 0 spiro atoms. The molecule has 0 N–H and O–H groups in total. The van der Waals surface area contributed by atoms with Crippen LogP contribution in [0.1, 0.15) is 48.0 Å². The van der Waals surface area contributed by atoms with E-state index in [4.69, 9.17) is 14.5 Å². The van der Waals surface area contributed by atoms with Crippen LogP contribution in [-0.4, -0.2) is 23.0 Å². The van der Waals surface area contributed by atoms with Crippen LogP contribution in [0.3, 0.4) is 0 Å². The number of esters is 1. The van der Waals surface area contributed by atoms with Crippen molar-refractivity contribution < 1.29 is 14.3 Å². The minimum absolute atomic E-state index is 0.0607. The van der Waals surface area contributed by atoms with Crippen molar-refractivity contribution >= 4 is 16.9 Å². The summed E-state index contributed by atoms with van der Waals surface area (Å²) in [6.07, 6.45) is 1.57. The molecule has 0 bridgehead atoms. The maximum absolute atomic E-state index is 12.4. The molecule has 0 fully saturated rings. The normalized spacial score (nSPS) is 11.4. The van der Waals surface area contributed by atoms with Crippen molar-refractivity contribution in [1.29, 1.82) is 0 Å². The number of ether oxygens (including phenoxy) is 2. The highest BCUT2D eigenvalue weighted by Crippen LogP contribution is 2.35. The van der Waals surface area contributed by atoms with E-state index in [0.717, 1.165) is 22.4 Å². The number of carbonyl (C=O) groups is 1. The van der Waals surface area contributed by atoms with Crippen LogP contribution in [-0.2, 0) is 16.8 Å². The molecule has 2 aromatic carbocycles. The van der Waals surface area contributed by atoms with Gasteiger partial charge in [-0.15, -0.1) is 0 Å². The van der Waals surface area contributed by atoms with Gasteiger partial charge in [0.1, 0.15) is 12.4 Å². The summed E-state index contributed by atoms with van der Waals surface area (Å²) in [5.41, 5.74) is 6.11. The Bertz CT molecular complexity index is 1310. The smallest absolute Gasteiger partial charge is 0.357 e. The van der Waals surface area contributed by atoms with Crippen LogP contribution in [0.2, 0.25) is 0 Å². The largest absolute Gasteiger partial charge is 0.488 e. The molecule has 0 atom stereocenters. The molecule has 2 heterocycles. The first-order valence-corrected chi connectivity index (χ1v) is 10.9. The van der Waals surface area contributed by atoms with Gasteiger partial charge in [-0.2, -0.15) is 0 Å². The third kappa shape index (κ3) is 4.72. The fourth-order valence-corrected chi connectivity index (χ4v) is 3.80. The first kappa shape index (κ1) is 22.5. The van der Waals surface area contributed by atoms with Gasteiger partial charge in [-0.05, 0) is 35.1 Å². The van der Waals surface area contributed by atoms with E-state index in [1.54, 1.807) is 12.3 Å². The molecule has 5 nitrogen and oxygen atoms in total. The molecule has 0 saturated heterocycles. The van der Waals surface area contributed by atoms with Crippen LogP contribution in [0.4, 0.5) is 0 Å². The molecular weight excluding hydrogens is 412 g/mol. The van der Waals surface area contributed by atoms with Gasteiger partial charge >= 0.3 is 5.97 Å². The molecule has 0 aliphatic rings. The zero-order valence-electron chi connectivity index (χ0n) is 19.7. The Morgan fingerprint density at radius 2 is 1.76 bits per heavy atom. The molecule has 4 aromatic rings. The van der Waals surface area contributed by atoms with Crippen molar-refractivity contribution in [2.24, 2.45) is 0 Å². The average Bonchev–Trinajstić information content (AvgIpc) is 2.81. The molecule has 0 amide bonds. The summed E-state index contributed by atoms with van der Waals surface area (Å²) < 4.78 is 11.2. The number of pyridine rings is 2. The number of carbonyl (C=O) groups excluding carboxylic acids is 1. The predicted octanol–water partition coefficient (Wildman–Crippen LogP) is 6.27. The minimum Gasteiger partial charge on any atom is -0.488 e. The van der Waals surface area contributed by atoms with Gasteiger partial charge in [0, 0.05) is 17.8 Å². The molecule has 0 aliphatic heterocycles. The third-order valence-corrected chi connectivity index (χ3v) is 5.67. The zero-order valence-corrected chi connectivity index (χ0v) is 19.7. The number of fused-ring (bicyclic) bond motifs is 1. The van der Waals surface area contributed by atoms with E-state index >= 15 is 0 Å². The Balaban J connectivity index is 1.86. The SMILES string of the molecule is COC(=O)c1nccc2nc(-c3ccc(C(C)(C)C)cc3C)cc(OCc3ccccc3)c12. The Morgan fingerprint density at radius 3 is 2.42 bits per heavy atom. The van der Waals surface area contributed by atoms with E-state index in [2.05, 4.69) is 50.9 Å². The van der Waals surface area contributed by atoms with Crippen LogP contribution in [0.25, 0.3) is 22.2 Å². The van der Waals surface area contributed by atoms with E-state index in [9.17, 15) is 4.79 Å². The van der Waals surface area contributed by atoms with Crippen molar-refractivity contribution in [2.75, 3.05) is 7.11 Å². The Morgan fingerprint density at radius 1 is 1.00 bits per heavy atom. The molecule has 0 radical (unpaired) electrons. The molecule has 0 unspecified atom stereocenters. The number of aryl methyl sites for hydroxylation is 1. The summed E-state index contributed by atoms with van der Waals surface area (Å²) in [4.78, 5) is 21.5. The topological polar surface area (TPSA) is 61.3 Å². The lowest BCUT2D eigenvalue weighted by Crippen LogP contribution is -2.11. The van der Waals surface area contributed by atoms with Gasteiger partial charge in [0.25, 0.3) is 0 Å². The van der Waals surface area contributed by atoms with Crippen molar-refractivity contribution in [3.8, 4) is 17.0 Å². The van der Waals surface area contributed by atoms with E-state index < -0.39 is 5.97 Å². The van der Waals surface area contributed by atoms with Gasteiger partial charge < -0.3 is 9.47 Å². The molecule has 2 aromatic heterocycles. The maximum atomic E-state index is 12.4. The van der Waals surface area contributed by atoms with Gasteiger partial charge in [-0.1, -0.05) is 69.3 Å². The van der Waals surface area contributed by atoms with Crippen molar-refractivity contribution in [2.45, 2.75) is 39.7 Å². The number of nitrogens with zero attached hydrogens (tertiary/aromatic N) is 2. The lowest BCUT2D eigenvalue weighted by molar-refractivity contribution is 0.0596. The van der Waals surface area contributed by atoms with Crippen LogP contribution in [0.15, 0.2) is 66.9 Å². The number of aromatic nitrogens is 2. The number of rotatable bonds is 5. The molecule has 5 heteroatoms. The second kappa shape index (κ2) is 9.02. The van der Waals surface area contributed by atoms with Gasteiger partial charge in [0.15, 0.2) is 5.69 Å². The van der Waals surface area contributed by atoms with Gasteiger partial charge in [-0.25, -0.2) is 14.8 Å². The summed E-state index contributed by atoms with van der Waals surface area (Å²) in [5.74, 6) is 0.0251. The Hall–Kier alpha value is -3.73. The van der Waals surface area contributed by atoms with Gasteiger partial charge in [-0.3, -0.25) is 0 Å². The van der Waals surface area contributed by atoms with Crippen LogP contribution >= 0.6 is 0 Å². The van der Waals surface area contributed by atoms with E-state index in [1.807, 2.05) is 36.4 Å². The first-order valence-electron chi connectivity index (χ1n) is 10.9. The van der Waals surface area contributed by atoms with Gasteiger partial charge in [0.2, 0.25) is 0 Å². The molecule has 0 aliphatic carbocycles. The molecule has 4 rings (SSSR count). The second-order valence-corrected chi connectivity index (χ2v) is 9.10. The van der Waals surface area contributed by atoms with Gasteiger partial charge in [0.05, 0.1) is 23.7 Å². The van der Waals surface area contributed by atoms with E-state index in [0.29, 0.717) is 23.3 Å². The Labute approximate surface area is 194 Å². The van der Waals surface area contributed by atoms with Crippen LogP contribution in [0, 0.1) is 6.92 Å². The summed E-state index contributed by atoms with van der Waals surface area (Å²) in [5, 5.41) is 0.549. The third-order valence-electron chi connectivity index (χ3n) is 5.67. The van der Waals surface area contributed by atoms with Crippen molar-refractivity contribution in [3.63, 3.8) is 0 Å². The average molecular weight is 441 g/mol. The lowest BCUT2D eigenvalue weighted by atomic mass is 9.85. The van der Waals surface area contributed by atoms with Crippen molar-refractivity contribution in [1.82, 2.24) is 9.97 Å². The standard InChI is InChI=1S/C28H28N2O3/c1-18-15-20(28(2,3)4)11-12-21(18)23-16-24(33-17-19-9-7-6-8-10-19)25-22(30-23)13-14-29-26(25)27(31)32-5/h6-16H,17H2,1-5H3. The fourth-order valence-electron chi connectivity index (χ4n) is 3.80. The number of methoxy groups -OCH3 is 1. The zero-order chi connectivity index (χ0) is 23.6. The van der Waals surface area contributed by atoms with Crippen LogP contribution in [0.5, 0.6) is 5.75 Å². The highest BCUT2D eigenvalue weighted by Gasteiger charge is 2.20.